The Kier molecular flexibility index (Phi) is 3.22. The maximum Gasteiger partial charge on any atom is 0.0934 e. The molecule has 84 valence electrons. The van der Waals surface area contributed by atoms with E-state index in [4.69, 9.17) is 11.6 Å². The Morgan fingerprint density at radius 2 is 2.19 bits per heavy atom. The van der Waals surface area contributed by atoms with E-state index in [9.17, 15) is 0 Å². The van der Waals surface area contributed by atoms with Gasteiger partial charge in [-0.15, -0.1) is 0 Å². The Bertz CT molecular complexity index is 480. The summed E-state index contributed by atoms with van der Waals surface area (Å²) in [6.45, 7) is 0. The molecule has 0 aromatic carbocycles. The maximum absolute atomic E-state index is 6.13. The van der Waals surface area contributed by atoms with Crippen LogP contribution in [0.15, 0.2) is 30.6 Å². The average Bonchev–Trinajstić information content (AvgIpc) is 2.69. The van der Waals surface area contributed by atoms with Gasteiger partial charge in [-0.25, -0.2) is 0 Å². The zero-order valence-corrected chi connectivity index (χ0v) is 9.94. The molecule has 2 aromatic rings. The van der Waals surface area contributed by atoms with Gasteiger partial charge in [0.15, 0.2) is 0 Å². The number of nitrogens with zero attached hydrogens (tertiary/aromatic N) is 3. The average molecular weight is 237 g/mol. The summed E-state index contributed by atoms with van der Waals surface area (Å²) in [6, 6.07) is 5.57. The summed E-state index contributed by atoms with van der Waals surface area (Å²) in [6.07, 6.45) is 3.50. The van der Waals surface area contributed by atoms with Gasteiger partial charge in [-0.05, 0) is 25.2 Å². The number of aromatic nitrogens is 3. The topological polar surface area (TPSA) is 42.7 Å². The molecule has 0 aliphatic heterocycles. The highest BCUT2D eigenvalue weighted by Gasteiger charge is 2.18. The molecule has 0 amide bonds. The lowest BCUT2D eigenvalue weighted by molar-refractivity contribution is 0.594. The van der Waals surface area contributed by atoms with Crippen molar-refractivity contribution in [1.29, 1.82) is 0 Å². The second-order valence-electron chi connectivity index (χ2n) is 3.47. The summed E-state index contributed by atoms with van der Waals surface area (Å²) in [5.74, 6) is 0. The normalized spacial score (nSPS) is 12.7. The first-order valence-corrected chi connectivity index (χ1v) is 5.37. The SMILES string of the molecule is CNC(c1ncccc1Cl)c1ccnn1C. The standard InChI is InChI=1S/C11H13ClN4/c1-13-11(9-5-7-15-16(9)2)10-8(12)4-3-6-14-10/h3-7,11,13H,1-2H3. The van der Waals surface area contributed by atoms with Gasteiger partial charge < -0.3 is 5.32 Å². The van der Waals surface area contributed by atoms with E-state index in [-0.39, 0.29) is 6.04 Å². The highest BCUT2D eigenvalue weighted by Crippen LogP contribution is 2.25. The van der Waals surface area contributed by atoms with Crippen molar-refractivity contribution in [2.45, 2.75) is 6.04 Å². The first kappa shape index (κ1) is 11.1. The van der Waals surface area contributed by atoms with Crippen LogP contribution in [-0.4, -0.2) is 21.8 Å². The molecule has 0 saturated carbocycles. The number of hydrogen-bond acceptors (Lipinski definition) is 3. The van der Waals surface area contributed by atoms with E-state index in [0.29, 0.717) is 5.02 Å². The van der Waals surface area contributed by atoms with Crippen molar-refractivity contribution in [2.24, 2.45) is 7.05 Å². The van der Waals surface area contributed by atoms with Crippen LogP contribution in [0.1, 0.15) is 17.4 Å². The van der Waals surface area contributed by atoms with Crippen LogP contribution in [0.2, 0.25) is 5.02 Å². The van der Waals surface area contributed by atoms with Gasteiger partial charge in [0, 0.05) is 19.4 Å². The van der Waals surface area contributed by atoms with E-state index >= 15 is 0 Å². The van der Waals surface area contributed by atoms with Crippen LogP contribution in [0.4, 0.5) is 0 Å². The molecular weight excluding hydrogens is 224 g/mol. The number of pyridine rings is 1. The third-order valence-electron chi connectivity index (χ3n) is 2.50. The summed E-state index contributed by atoms with van der Waals surface area (Å²) in [5.41, 5.74) is 1.85. The number of nitrogens with one attached hydrogen (secondary N) is 1. The van der Waals surface area contributed by atoms with E-state index in [1.165, 1.54) is 0 Å². The fourth-order valence-corrected chi connectivity index (χ4v) is 1.93. The van der Waals surface area contributed by atoms with Gasteiger partial charge in [0.05, 0.1) is 22.5 Å². The molecule has 0 aliphatic carbocycles. The van der Waals surface area contributed by atoms with E-state index in [2.05, 4.69) is 15.4 Å². The van der Waals surface area contributed by atoms with Crippen LogP contribution in [0.3, 0.4) is 0 Å². The van der Waals surface area contributed by atoms with Gasteiger partial charge in [0.2, 0.25) is 0 Å². The minimum Gasteiger partial charge on any atom is -0.307 e. The van der Waals surface area contributed by atoms with Gasteiger partial charge in [-0.1, -0.05) is 11.6 Å². The van der Waals surface area contributed by atoms with Gasteiger partial charge in [0.1, 0.15) is 0 Å². The maximum atomic E-state index is 6.13. The predicted octanol–water partition coefficient (Wildman–Crippen LogP) is 1.78. The van der Waals surface area contributed by atoms with Gasteiger partial charge in [0.25, 0.3) is 0 Å². The lowest BCUT2D eigenvalue weighted by Crippen LogP contribution is -2.22. The van der Waals surface area contributed by atoms with Crippen LogP contribution >= 0.6 is 11.6 Å². The zero-order chi connectivity index (χ0) is 11.5. The van der Waals surface area contributed by atoms with Crippen molar-refractivity contribution in [3.8, 4) is 0 Å². The molecule has 0 aliphatic rings. The Morgan fingerprint density at radius 1 is 1.38 bits per heavy atom. The number of aryl methyl sites for hydroxylation is 1. The summed E-state index contributed by atoms with van der Waals surface area (Å²) < 4.78 is 1.81. The fraction of sp³-hybridized carbons (Fsp3) is 0.273. The Hall–Kier alpha value is -1.39. The molecule has 5 heteroatoms. The molecule has 0 spiro atoms. The molecule has 1 atom stereocenters. The van der Waals surface area contributed by atoms with E-state index in [0.717, 1.165) is 11.4 Å². The quantitative estimate of drug-likeness (QED) is 0.884. The minimum atomic E-state index is -0.0406. The van der Waals surface area contributed by atoms with E-state index < -0.39 is 0 Å². The van der Waals surface area contributed by atoms with Crippen LogP contribution in [-0.2, 0) is 7.05 Å². The van der Waals surface area contributed by atoms with Gasteiger partial charge >= 0.3 is 0 Å². The lowest BCUT2D eigenvalue weighted by atomic mass is 10.1. The van der Waals surface area contributed by atoms with Crippen molar-refractivity contribution in [1.82, 2.24) is 20.1 Å². The van der Waals surface area contributed by atoms with Crippen LogP contribution < -0.4 is 5.32 Å². The monoisotopic (exact) mass is 236 g/mol. The largest absolute Gasteiger partial charge is 0.307 e. The highest BCUT2D eigenvalue weighted by atomic mass is 35.5. The molecule has 0 saturated heterocycles. The van der Waals surface area contributed by atoms with Crippen molar-refractivity contribution in [3.05, 3.63) is 47.0 Å². The first-order chi connectivity index (χ1) is 7.74. The predicted molar refractivity (Wildman–Crippen MR) is 63.4 cm³/mol. The number of hydrogen-bond donors (Lipinski definition) is 1. The Balaban J connectivity index is 2.45. The molecule has 0 bridgehead atoms. The summed E-state index contributed by atoms with van der Waals surface area (Å²) in [7, 11) is 3.78. The third kappa shape index (κ3) is 1.94. The molecule has 0 fully saturated rings. The van der Waals surface area contributed by atoms with Crippen molar-refractivity contribution >= 4 is 11.6 Å². The minimum absolute atomic E-state index is 0.0406. The second kappa shape index (κ2) is 4.63. The third-order valence-corrected chi connectivity index (χ3v) is 2.82. The summed E-state index contributed by atoms with van der Waals surface area (Å²) >= 11 is 6.13. The van der Waals surface area contributed by atoms with Crippen molar-refractivity contribution in [3.63, 3.8) is 0 Å². The molecule has 0 radical (unpaired) electrons. The molecule has 16 heavy (non-hydrogen) atoms. The van der Waals surface area contributed by atoms with Crippen molar-refractivity contribution < 1.29 is 0 Å². The highest BCUT2D eigenvalue weighted by molar-refractivity contribution is 6.31. The van der Waals surface area contributed by atoms with Gasteiger partial charge in [-0.3, -0.25) is 9.67 Å². The van der Waals surface area contributed by atoms with Gasteiger partial charge in [-0.2, -0.15) is 5.10 Å². The Labute approximate surface area is 99.3 Å². The summed E-state index contributed by atoms with van der Waals surface area (Å²) in [4.78, 5) is 4.31. The number of rotatable bonds is 3. The molecule has 1 unspecified atom stereocenters. The summed E-state index contributed by atoms with van der Waals surface area (Å²) in [5, 5.41) is 8.00. The van der Waals surface area contributed by atoms with Crippen molar-refractivity contribution in [2.75, 3.05) is 7.05 Å². The molecule has 2 aromatic heterocycles. The van der Waals surface area contributed by atoms with E-state index in [1.807, 2.05) is 37.0 Å². The fourth-order valence-electron chi connectivity index (χ4n) is 1.70. The van der Waals surface area contributed by atoms with Crippen LogP contribution in [0.5, 0.6) is 0 Å². The second-order valence-corrected chi connectivity index (χ2v) is 3.88. The number of halogens is 1. The first-order valence-electron chi connectivity index (χ1n) is 4.99. The molecule has 2 heterocycles. The molecule has 4 nitrogen and oxygen atoms in total. The van der Waals surface area contributed by atoms with Crippen LogP contribution in [0, 0.1) is 0 Å². The molecule has 1 N–H and O–H groups in total. The zero-order valence-electron chi connectivity index (χ0n) is 9.18. The van der Waals surface area contributed by atoms with E-state index in [1.54, 1.807) is 12.4 Å². The molecular formula is C11H13ClN4. The Morgan fingerprint density at radius 3 is 2.75 bits per heavy atom. The molecule has 2 rings (SSSR count). The van der Waals surface area contributed by atoms with Crippen LogP contribution in [0.25, 0.3) is 0 Å². The lowest BCUT2D eigenvalue weighted by Gasteiger charge is -2.16. The smallest absolute Gasteiger partial charge is 0.0934 e.